The second kappa shape index (κ2) is 20.0. The van der Waals surface area contributed by atoms with Crippen LogP contribution in [-0.2, 0) is 79.7 Å². The van der Waals surface area contributed by atoms with Crippen molar-refractivity contribution >= 4 is 12.0 Å². The van der Waals surface area contributed by atoms with Crippen molar-refractivity contribution in [2.45, 2.75) is 38.6 Å². The summed E-state index contributed by atoms with van der Waals surface area (Å²) in [5, 5.41) is 5.49. The second-order valence-corrected chi connectivity index (χ2v) is 4.39. The van der Waals surface area contributed by atoms with Gasteiger partial charge in [-0.1, -0.05) is 6.61 Å². The molecule has 0 spiro atoms. The smallest absolute Gasteiger partial charge is 0.407 e. The Labute approximate surface area is 184 Å². The number of nitrogens with one attached hydrogen (secondary N) is 2. The molecular weight excluding hydrogens is 438 g/mol. The molecule has 0 rings (SSSR count). The maximum absolute atomic E-state index is 11.2. The van der Waals surface area contributed by atoms with Crippen molar-refractivity contribution in [2.75, 3.05) is 26.4 Å². The first-order valence-corrected chi connectivity index (χ1v) is 6.96. The summed E-state index contributed by atoms with van der Waals surface area (Å²) in [6.45, 7) is 10.5. The van der Waals surface area contributed by atoms with Crippen LogP contribution in [0.2, 0.25) is 0 Å². The molecule has 0 aromatic heterocycles. The van der Waals surface area contributed by atoms with Crippen LogP contribution in [0, 0.1) is 13.8 Å². The topological polar surface area (TPSA) is 76.7 Å². The number of rotatable bonds is 11. The zero-order valence-electron chi connectivity index (χ0n) is 13.4. The molecule has 22 heavy (non-hydrogen) atoms. The second-order valence-electron chi connectivity index (χ2n) is 4.39. The predicted octanol–water partition coefficient (Wildman–Crippen LogP) is 1.46. The van der Waals surface area contributed by atoms with Crippen LogP contribution in [0.1, 0.15) is 32.6 Å². The van der Waals surface area contributed by atoms with E-state index in [0.717, 1.165) is 19.3 Å². The fourth-order valence-corrected chi connectivity index (χ4v) is 1.53. The van der Waals surface area contributed by atoms with E-state index in [-0.39, 0.29) is 90.4 Å². The minimum atomic E-state index is -0.434. The predicted molar refractivity (Wildman–Crippen MR) is 77.0 cm³/mol. The SMILES string of the molecule is [CH2-]COCCOC(=O)NCCCCC(C)NC(=O)C[CH2-].[Y].[Y]. The van der Waals surface area contributed by atoms with Crippen LogP contribution < -0.4 is 10.6 Å². The van der Waals surface area contributed by atoms with Crippen molar-refractivity contribution in [3.8, 4) is 0 Å². The molecule has 0 bridgehead atoms. The van der Waals surface area contributed by atoms with E-state index < -0.39 is 6.09 Å². The minimum Gasteiger partial charge on any atom is -0.447 e. The first-order valence-electron chi connectivity index (χ1n) is 6.96. The average Bonchev–Trinajstić information content (AvgIpc) is 2.43. The molecular formula is C14H26N2O4Y2-2. The molecule has 1 atom stereocenters. The van der Waals surface area contributed by atoms with Gasteiger partial charge in [-0.3, -0.25) is 4.79 Å². The van der Waals surface area contributed by atoms with Crippen molar-refractivity contribution in [1.29, 1.82) is 0 Å². The van der Waals surface area contributed by atoms with Crippen LogP contribution in [0.15, 0.2) is 0 Å². The molecule has 0 aliphatic heterocycles. The number of hydrogen-bond donors (Lipinski definition) is 2. The van der Waals surface area contributed by atoms with Gasteiger partial charge in [0.15, 0.2) is 5.91 Å². The Morgan fingerprint density at radius 1 is 1.14 bits per heavy atom. The van der Waals surface area contributed by atoms with Gasteiger partial charge in [0.1, 0.15) is 6.61 Å². The monoisotopic (exact) mass is 464 g/mol. The molecule has 0 aromatic carbocycles. The Balaban J connectivity index is -0.00000180. The zero-order chi connectivity index (χ0) is 15.2. The number of hydrogen-bond acceptors (Lipinski definition) is 4. The van der Waals surface area contributed by atoms with Gasteiger partial charge >= 0.3 is 6.09 Å². The Hall–Kier alpha value is 0.908. The maximum Gasteiger partial charge on any atom is 0.407 e. The summed E-state index contributed by atoms with van der Waals surface area (Å²) in [4.78, 5) is 22.3. The Morgan fingerprint density at radius 2 is 1.82 bits per heavy atom. The van der Waals surface area contributed by atoms with Crippen molar-refractivity contribution in [2.24, 2.45) is 0 Å². The number of carbonyl (C=O) groups is 2. The van der Waals surface area contributed by atoms with Gasteiger partial charge in [0, 0.05) is 78.0 Å². The van der Waals surface area contributed by atoms with Gasteiger partial charge in [-0.25, -0.2) is 4.79 Å². The normalized spacial score (nSPS) is 10.7. The first kappa shape index (κ1) is 27.7. The molecule has 124 valence electrons. The Bertz CT molecular complexity index is 282. The van der Waals surface area contributed by atoms with Crippen molar-refractivity contribution in [3.63, 3.8) is 0 Å². The van der Waals surface area contributed by atoms with Gasteiger partial charge in [-0.15, -0.1) is 6.42 Å². The summed E-state index contributed by atoms with van der Waals surface area (Å²) in [6, 6.07) is 0.135. The van der Waals surface area contributed by atoms with E-state index in [2.05, 4.69) is 24.5 Å². The zero-order valence-corrected chi connectivity index (χ0v) is 19.1. The van der Waals surface area contributed by atoms with Crippen LogP contribution in [-0.4, -0.2) is 44.4 Å². The van der Waals surface area contributed by atoms with E-state index >= 15 is 0 Å². The largest absolute Gasteiger partial charge is 0.447 e. The van der Waals surface area contributed by atoms with Gasteiger partial charge in [-0.05, 0) is 26.2 Å². The summed E-state index contributed by atoms with van der Waals surface area (Å²) < 4.78 is 9.81. The number of unbranched alkanes of at least 4 members (excludes halogenated alkanes) is 1. The van der Waals surface area contributed by atoms with Crippen molar-refractivity contribution in [1.82, 2.24) is 10.6 Å². The van der Waals surface area contributed by atoms with Gasteiger partial charge in [0.2, 0.25) is 0 Å². The number of alkyl carbamates (subject to hydrolysis) is 1. The van der Waals surface area contributed by atoms with Crippen LogP contribution in [0.5, 0.6) is 0 Å². The molecule has 0 heterocycles. The summed E-state index contributed by atoms with van der Waals surface area (Å²) in [5.41, 5.74) is 0. The van der Waals surface area contributed by atoms with Crippen LogP contribution in [0.3, 0.4) is 0 Å². The van der Waals surface area contributed by atoms with Gasteiger partial charge in [0.25, 0.3) is 0 Å². The van der Waals surface area contributed by atoms with E-state index in [4.69, 9.17) is 9.47 Å². The number of ether oxygens (including phenoxy) is 2. The minimum absolute atomic E-state index is 0. The van der Waals surface area contributed by atoms with E-state index in [0.29, 0.717) is 19.8 Å². The molecule has 0 fully saturated rings. The van der Waals surface area contributed by atoms with Gasteiger partial charge in [0.05, 0.1) is 6.61 Å². The molecule has 0 saturated carbocycles. The molecule has 1 unspecified atom stereocenters. The fraction of sp³-hybridized carbons (Fsp3) is 0.714. The van der Waals surface area contributed by atoms with Gasteiger partial charge in [-0.2, -0.15) is 0 Å². The number of amides is 2. The van der Waals surface area contributed by atoms with Gasteiger partial charge < -0.3 is 34.0 Å². The number of carbonyl (C=O) groups excluding carboxylic acids is 2. The quantitative estimate of drug-likeness (QED) is 0.359. The van der Waals surface area contributed by atoms with E-state index in [1.54, 1.807) is 0 Å². The van der Waals surface area contributed by atoms with Crippen molar-refractivity contribution in [3.05, 3.63) is 13.8 Å². The third-order valence-electron chi connectivity index (χ3n) is 2.57. The van der Waals surface area contributed by atoms with Crippen LogP contribution in [0.4, 0.5) is 4.79 Å². The summed E-state index contributed by atoms with van der Waals surface area (Å²) in [5.74, 6) is -0.0382. The van der Waals surface area contributed by atoms with Crippen LogP contribution >= 0.6 is 0 Å². The molecule has 6 nitrogen and oxygen atoms in total. The molecule has 2 radical (unpaired) electrons. The van der Waals surface area contributed by atoms with E-state index in [1.165, 1.54) is 0 Å². The average molecular weight is 464 g/mol. The van der Waals surface area contributed by atoms with E-state index in [9.17, 15) is 9.59 Å². The third kappa shape index (κ3) is 19.0. The van der Waals surface area contributed by atoms with Crippen molar-refractivity contribution < 1.29 is 84.5 Å². The molecule has 8 heteroatoms. The molecule has 0 saturated heterocycles. The summed E-state index contributed by atoms with van der Waals surface area (Å²) >= 11 is 0. The third-order valence-corrected chi connectivity index (χ3v) is 2.57. The molecule has 0 aliphatic carbocycles. The van der Waals surface area contributed by atoms with E-state index in [1.807, 2.05) is 6.92 Å². The summed E-state index contributed by atoms with van der Waals surface area (Å²) in [6.07, 6.45) is 2.46. The maximum atomic E-state index is 11.2. The standard InChI is InChI=1S/C14H26N2O4.2Y/c1-4-13(17)16-12(3)8-6-7-9-15-14(18)20-11-10-19-5-2;;/h12H,1-2,4-11H2,3H3,(H,15,18)(H,16,17);;/q-2;;. The molecule has 0 aromatic rings. The first-order chi connectivity index (χ1) is 9.60. The fourth-order valence-electron chi connectivity index (χ4n) is 1.53. The Kier molecular flexibility index (Phi) is 25.2. The molecule has 2 N–H and O–H groups in total. The van der Waals surface area contributed by atoms with Crippen LogP contribution in [0.25, 0.3) is 0 Å². The molecule has 2 amide bonds. The Morgan fingerprint density at radius 3 is 2.41 bits per heavy atom. The molecule has 0 aliphatic rings. The summed E-state index contributed by atoms with van der Waals surface area (Å²) in [7, 11) is 0.